The Morgan fingerprint density at radius 3 is 1.78 bits per heavy atom. The van der Waals surface area contributed by atoms with E-state index < -0.39 is 51.8 Å². The highest BCUT2D eigenvalue weighted by Gasteiger charge is 2.36. The molecule has 1 rings (SSSR count). The van der Waals surface area contributed by atoms with Gasteiger partial charge in [-0.05, 0) is 77.0 Å². The van der Waals surface area contributed by atoms with Gasteiger partial charge in [-0.25, -0.2) is 4.57 Å². The third-order valence-electron chi connectivity index (χ3n) is 9.57. The highest BCUT2D eigenvalue weighted by atomic mass is 31.2. The summed E-state index contributed by atoms with van der Waals surface area (Å²) in [5.41, 5.74) is 0. The number of hydrogen-bond acceptors (Lipinski definition) is 10. The van der Waals surface area contributed by atoms with Gasteiger partial charge in [-0.3, -0.25) is 18.6 Å². The molecule has 5 atom stereocenters. The van der Waals surface area contributed by atoms with Gasteiger partial charge in [0.05, 0.1) is 32.0 Å². The molecule has 0 aromatic rings. The molecule has 1 aliphatic rings. The topological polar surface area (TPSA) is 161 Å². The van der Waals surface area contributed by atoms with Crippen LogP contribution in [0, 0.1) is 0 Å². The van der Waals surface area contributed by atoms with Crippen molar-refractivity contribution in [3.63, 3.8) is 0 Å². The Kier molecular flexibility index (Phi) is 34.8. The zero-order chi connectivity index (χ0) is 42.4. The summed E-state index contributed by atoms with van der Waals surface area (Å²) in [4.78, 5) is 35.0. The molecule has 0 radical (unpaired) electrons. The number of aliphatic hydroxyl groups is 2. The van der Waals surface area contributed by atoms with Gasteiger partial charge in [0.25, 0.3) is 0 Å². The summed E-state index contributed by atoms with van der Waals surface area (Å²) in [7, 11) is -4.64. The molecule has 0 bridgehead atoms. The Morgan fingerprint density at radius 2 is 1.14 bits per heavy atom. The van der Waals surface area contributed by atoms with Gasteiger partial charge in [0, 0.05) is 12.8 Å². The lowest BCUT2D eigenvalue weighted by atomic mass is 10.1. The van der Waals surface area contributed by atoms with Crippen LogP contribution in [0.2, 0.25) is 0 Å². The van der Waals surface area contributed by atoms with Crippen LogP contribution in [0.3, 0.4) is 0 Å². The van der Waals surface area contributed by atoms with Crippen LogP contribution in [0.15, 0.2) is 60.8 Å². The summed E-state index contributed by atoms with van der Waals surface area (Å²) in [5, 5.41) is 18.3. The number of allylic oxidation sites excluding steroid dienone is 9. The highest BCUT2D eigenvalue weighted by molar-refractivity contribution is 7.47. The molecule has 58 heavy (non-hydrogen) atoms. The average molecular weight is 839 g/mol. The molecular formula is C46H79O11P. The number of phosphoric acid groups is 1. The third kappa shape index (κ3) is 34.5. The Bertz CT molecular complexity index is 1210. The largest absolute Gasteiger partial charge is 0.472 e. The quantitative estimate of drug-likeness (QED) is 0.0177. The van der Waals surface area contributed by atoms with Gasteiger partial charge in [0.1, 0.15) is 12.7 Å². The minimum absolute atomic E-state index is 0.158. The van der Waals surface area contributed by atoms with Crippen LogP contribution in [0.1, 0.15) is 168 Å². The molecule has 334 valence electrons. The molecule has 0 aliphatic carbocycles. The Morgan fingerprint density at radius 1 is 0.621 bits per heavy atom. The maximum absolute atomic E-state index is 12.6. The Balaban J connectivity index is 2.28. The molecule has 11 nitrogen and oxygen atoms in total. The summed E-state index contributed by atoms with van der Waals surface area (Å²) >= 11 is 0. The lowest BCUT2D eigenvalue weighted by Crippen LogP contribution is -2.29. The number of epoxide rings is 1. The van der Waals surface area contributed by atoms with Crippen molar-refractivity contribution in [1.29, 1.82) is 0 Å². The van der Waals surface area contributed by atoms with Crippen molar-refractivity contribution in [2.24, 2.45) is 0 Å². The van der Waals surface area contributed by atoms with Gasteiger partial charge in [-0.1, -0.05) is 139 Å². The zero-order valence-corrected chi connectivity index (χ0v) is 36.8. The lowest BCUT2D eigenvalue weighted by Gasteiger charge is -2.20. The van der Waals surface area contributed by atoms with E-state index >= 15 is 0 Å². The second-order valence-electron chi connectivity index (χ2n) is 15.1. The lowest BCUT2D eigenvalue weighted by molar-refractivity contribution is -0.161. The number of hydrogen-bond donors (Lipinski definition) is 3. The van der Waals surface area contributed by atoms with Crippen LogP contribution in [-0.2, 0) is 37.4 Å². The molecule has 3 N–H and O–H groups in total. The van der Waals surface area contributed by atoms with Crippen LogP contribution in [0.5, 0.6) is 0 Å². The number of unbranched alkanes of at least 4 members (excludes halogenated alkanes) is 13. The van der Waals surface area contributed by atoms with Crippen molar-refractivity contribution < 1.29 is 52.5 Å². The van der Waals surface area contributed by atoms with Crippen molar-refractivity contribution >= 4 is 19.8 Å². The Hall–Kier alpha value is -2.37. The summed E-state index contributed by atoms with van der Waals surface area (Å²) < 4.78 is 38.4. The molecule has 0 spiro atoms. The summed E-state index contributed by atoms with van der Waals surface area (Å²) in [5.74, 6) is -1.01. The van der Waals surface area contributed by atoms with Gasteiger partial charge in [-0.2, -0.15) is 0 Å². The second-order valence-corrected chi connectivity index (χ2v) is 16.6. The van der Waals surface area contributed by atoms with E-state index in [0.717, 1.165) is 57.8 Å². The van der Waals surface area contributed by atoms with Crippen molar-refractivity contribution in [2.75, 3.05) is 26.4 Å². The summed E-state index contributed by atoms with van der Waals surface area (Å²) in [6, 6.07) is 0. The molecule has 0 aromatic heterocycles. The van der Waals surface area contributed by atoms with Crippen LogP contribution in [-0.4, -0.2) is 77.9 Å². The van der Waals surface area contributed by atoms with Gasteiger partial charge in [0.2, 0.25) is 0 Å². The first kappa shape index (κ1) is 53.6. The molecule has 0 amide bonds. The molecule has 1 saturated heterocycles. The number of rotatable bonds is 40. The smallest absolute Gasteiger partial charge is 0.462 e. The van der Waals surface area contributed by atoms with Gasteiger partial charge in [0.15, 0.2) is 6.10 Å². The summed E-state index contributed by atoms with van der Waals surface area (Å²) in [6.45, 7) is 2.24. The Labute approximate surface area is 351 Å². The molecule has 0 saturated carbocycles. The fourth-order valence-corrected chi connectivity index (χ4v) is 6.78. The van der Waals surface area contributed by atoms with Gasteiger partial charge < -0.3 is 29.3 Å². The fourth-order valence-electron chi connectivity index (χ4n) is 5.99. The van der Waals surface area contributed by atoms with Crippen LogP contribution in [0.25, 0.3) is 0 Å². The molecular weight excluding hydrogens is 759 g/mol. The van der Waals surface area contributed by atoms with Crippen LogP contribution in [0.4, 0.5) is 0 Å². The predicted octanol–water partition coefficient (Wildman–Crippen LogP) is 10.9. The van der Waals surface area contributed by atoms with Crippen molar-refractivity contribution in [1.82, 2.24) is 0 Å². The zero-order valence-electron chi connectivity index (χ0n) is 35.9. The van der Waals surface area contributed by atoms with E-state index in [2.05, 4.69) is 73.1 Å². The fraction of sp³-hybridized carbons (Fsp3) is 0.739. The molecule has 1 aliphatic heterocycles. The van der Waals surface area contributed by atoms with E-state index in [-0.39, 0.29) is 19.4 Å². The van der Waals surface area contributed by atoms with E-state index in [9.17, 15) is 24.2 Å². The van der Waals surface area contributed by atoms with Crippen molar-refractivity contribution in [2.45, 2.75) is 192 Å². The summed E-state index contributed by atoms with van der Waals surface area (Å²) in [6.07, 6.45) is 43.6. The first-order chi connectivity index (χ1) is 28.2. The number of carbonyl (C=O) groups is 2. The minimum atomic E-state index is -4.64. The highest BCUT2D eigenvalue weighted by Crippen LogP contribution is 2.43. The SMILES string of the molecule is CCCCC/C=C\C/C=C\CCCCCCCCCC(=O)O[C@H](COC(=O)CCC/C=C\C/C=C\C/C=C\CC1OC1CCCCC)COP(=O)(O)OC[C@@H](O)CO. The van der Waals surface area contributed by atoms with Gasteiger partial charge in [-0.15, -0.1) is 0 Å². The molecule has 1 heterocycles. The molecule has 3 unspecified atom stereocenters. The van der Waals surface area contributed by atoms with E-state index in [1.807, 2.05) is 6.08 Å². The number of phosphoric ester groups is 1. The standard InChI is InChI=1S/C46H79O11P/c1-3-5-7-8-9-10-11-12-13-14-15-16-17-22-25-28-32-36-46(50)56-42(40-55-58(51,52)54-38-41(48)37-47)39-53-45(49)35-31-27-24-21-19-18-20-23-26-30-34-44-43(57-44)33-29-6-4-2/h9-10,12-13,18,20-21,24,26,30,41-44,47-48H,3-8,11,14-17,19,22-23,25,27-29,31-40H2,1-2H3,(H,51,52)/b10-9-,13-12-,20-18-,24-21-,30-26-/t41-,42+,43?,44?/m0/s1. The third-order valence-corrected chi connectivity index (χ3v) is 10.5. The normalized spacial score (nSPS) is 17.9. The predicted molar refractivity (Wildman–Crippen MR) is 232 cm³/mol. The number of carbonyl (C=O) groups excluding carboxylic acids is 2. The van der Waals surface area contributed by atoms with E-state index in [0.29, 0.717) is 31.5 Å². The van der Waals surface area contributed by atoms with Crippen LogP contribution >= 0.6 is 7.82 Å². The number of aliphatic hydroxyl groups excluding tert-OH is 2. The van der Waals surface area contributed by atoms with Gasteiger partial charge >= 0.3 is 19.8 Å². The molecule has 1 fully saturated rings. The van der Waals surface area contributed by atoms with Crippen LogP contribution < -0.4 is 0 Å². The molecule has 0 aromatic carbocycles. The minimum Gasteiger partial charge on any atom is -0.462 e. The van der Waals surface area contributed by atoms with E-state index in [1.165, 1.54) is 64.2 Å². The first-order valence-corrected chi connectivity index (χ1v) is 23.9. The van der Waals surface area contributed by atoms with E-state index in [1.54, 1.807) is 0 Å². The van der Waals surface area contributed by atoms with Crippen molar-refractivity contribution in [3.8, 4) is 0 Å². The number of ether oxygens (including phenoxy) is 3. The van der Waals surface area contributed by atoms with Crippen molar-refractivity contribution in [3.05, 3.63) is 60.8 Å². The molecule has 12 heteroatoms. The van der Waals surface area contributed by atoms with E-state index in [4.69, 9.17) is 23.8 Å². The maximum atomic E-state index is 12.6. The second kappa shape index (κ2) is 37.6. The maximum Gasteiger partial charge on any atom is 0.472 e. The monoisotopic (exact) mass is 839 g/mol. The average Bonchev–Trinajstić information content (AvgIpc) is 3.97. The first-order valence-electron chi connectivity index (χ1n) is 22.4. The number of esters is 2.